The summed E-state index contributed by atoms with van der Waals surface area (Å²) in [6.45, 7) is 7.73. The molecule has 1 aromatic heterocycles. The van der Waals surface area contributed by atoms with E-state index in [4.69, 9.17) is 4.74 Å². The highest BCUT2D eigenvalue weighted by atomic mass is 32.1. The molecular formula is C17H29N5O2S. The molecule has 25 heavy (non-hydrogen) atoms. The number of nitrogens with zero attached hydrogens (tertiary/aromatic N) is 4. The van der Waals surface area contributed by atoms with Crippen molar-refractivity contribution in [1.82, 2.24) is 20.0 Å². The fourth-order valence-corrected chi connectivity index (χ4v) is 4.37. The predicted octanol–water partition coefficient (Wildman–Crippen LogP) is 2.46. The van der Waals surface area contributed by atoms with Gasteiger partial charge in [-0.25, -0.2) is 4.79 Å². The first kappa shape index (κ1) is 18.5. The number of nitrogens with one attached hydrogen (secondary N) is 1. The molecule has 2 heterocycles. The SMILES string of the molecule is CCOCCN1CCN(C(=O)Nc2nnc(CC3CCCC3)s2)CC1. The van der Waals surface area contributed by atoms with Crippen LogP contribution in [-0.2, 0) is 11.2 Å². The number of hydrogen-bond donors (Lipinski definition) is 1. The van der Waals surface area contributed by atoms with E-state index in [1.54, 1.807) is 0 Å². The number of urea groups is 1. The Balaban J connectivity index is 1.40. The Morgan fingerprint density at radius 2 is 2.00 bits per heavy atom. The molecule has 1 aromatic rings. The summed E-state index contributed by atoms with van der Waals surface area (Å²) in [7, 11) is 0. The molecule has 0 radical (unpaired) electrons. The first-order valence-electron chi connectivity index (χ1n) is 9.43. The minimum Gasteiger partial charge on any atom is -0.380 e. The number of hydrogen-bond acceptors (Lipinski definition) is 6. The van der Waals surface area contributed by atoms with Crippen LogP contribution in [-0.4, -0.2) is 72.0 Å². The van der Waals surface area contributed by atoms with Gasteiger partial charge in [-0.1, -0.05) is 37.0 Å². The van der Waals surface area contributed by atoms with Crippen molar-refractivity contribution >= 4 is 22.5 Å². The minimum absolute atomic E-state index is 0.0620. The monoisotopic (exact) mass is 367 g/mol. The first-order chi connectivity index (χ1) is 12.2. The summed E-state index contributed by atoms with van der Waals surface area (Å²) in [5, 5.41) is 13.0. The van der Waals surface area contributed by atoms with E-state index in [1.807, 2.05) is 11.8 Å². The van der Waals surface area contributed by atoms with Crippen LogP contribution in [0, 0.1) is 5.92 Å². The number of anilines is 1. The predicted molar refractivity (Wildman–Crippen MR) is 99.1 cm³/mol. The van der Waals surface area contributed by atoms with E-state index in [0.29, 0.717) is 5.13 Å². The molecule has 2 amide bonds. The lowest BCUT2D eigenvalue weighted by Gasteiger charge is -2.34. The summed E-state index contributed by atoms with van der Waals surface area (Å²) >= 11 is 1.52. The quantitative estimate of drug-likeness (QED) is 0.750. The van der Waals surface area contributed by atoms with Gasteiger partial charge in [0.25, 0.3) is 0 Å². The molecule has 0 aromatic carbocycles. The van der Waals surface area contributed by atoms with E-state index in [0.717, 1.165) is 63.3 Å². The highest BCUT2D eigenvalue weighted by molar-refractivity contribution is 7.15. The van der Waals surface area contributed by atoms with Crippen molar-refractivity contribution in [1.29, 1.82) is 0 Å². The number of rotatable bonds is 7. The van der Waals surface area contributed by atoms with E-state index < -0.39 is 0 Å². The number of carbonyl (C=O) groups excluding carboxylic acids is 1. The fraction of sp³-hybridized carbons (Fsp3) is 0.824. The molecule has 7 nitrogen and oxygen atoms in total. The lowest BCUT2D eigenvalue weighted by atomic mass is 10.1. The van der Waals surface area contributed by atoms with Crippen LogP contribution in [0.1, 0.15) is 37.6 Å². The molecule has 0 atom stereocenters. The minimum atomic E-state index is -0.0620. The Morgan fingerprint density at radius 1 is 1.24 bits per heavy atom. The number of aromatic nitrogens is 2. The first-order valence-corrected chi connectivity index (χ1v) is 10.2. The van der Waals surface area contributed by atoms with E-state index >= 15 is 0 Å². The van der Waals surface area contributed by atoms with Gasteiger partial charge in [-0.15, -0.1) is 10.2 Å². The van der Waals surface area contributed by atoms with Crippen LogP contribution in [0.3, 0.4) is 0 Å². The Hall–Kier alpha value is -1.25. The Morgan fingerprint density at radius 3 is 2.72 bits per heavy atom. The number of ether oxygens (including phenoxy) is 1. The van der Waals surface area contributed by atoms with Crippen molar-refractivity contribution in [3.63, 3.8) is 0 Å². The van der Waals surface area contributed by atoms with E-state index in [2.05, 4.69) is 20.4 Å². The summed E-state index contributed by atoms with van der Waals surface area (Å²) in [5.74, 6) is 0.751. The third-order valence-corrected chi connectivity index (χ3v) is 5.90. The summed E-state index contributed by atoms with van der Waals surface area (Å²) in [5.41, 5.74) is 0. The second-order valence-electron chi connectivity index (χ2n) is 6.81. The lowest BCUT2D eigenvalue weighted by molar-refractivity contribution is 0.0901. The smallest absolute Gasteiger partial charge is 0.323 e. The number of amides is 2. The van der Waals surface area contributed by atoms with Crippen LogP contribution in [0.4, 0.5) is 9.93 Å². The summed E-state index contributed by atoms with van der Waals surface area (Å²) < 4.78 is 5.39. The van der Waals surface area contributed by atoms with Crippen LogP contribution in [0.15, 0.2) is 0 Å². The maximum Gasteiger partial charge on any atom is 0.323 e. The van der Waals surface area contributed by atoms with Crippen LogP contribution >= 0.6 is 11.3 Å². The molecule has 8 heteroatoms. The summed E-state index contributed by atoms with van der Waals surface area (Å²) in [4.78, 5) is 16.6. The van der Waals surface area contributed by atoms with Gasteiger partial charge in [0.15, 0.2) is 0 Å². The van der Waals surface area contributed by atoms with E-state index in [1.165, 1.54) is 37.0 Å². The van der Waals surface area contributed by atoms with Crippen LogP contribution in [0.25, 0.3) is 0 Å². The second kappa shape index (κ2) is 9.45. The molecule has 1 saturated carbocycles. The molecule has 1 aliphatic carbocycles. The van der Waals surface area contributed by atoms with Crippen LogP contribution in [0.5, 0.6) is 0 Å². The largest absolute Gasteiger partial charge is 0.380 e. The van der Waals surface area contributed by atoms with Gasteiger partial charge in [0, 0.05) is 45.8 Å². The van der Waals surface area contributed by atoms with Gasteiger partial charge in [-0.3, -0.25) is 10.2 Å². The zero-order valence-corrected chi connectivity index (χ0v) is 15.9. The van der Waals surface area contributed by atoms with Gasteiger partial charge in [0.1, 0.15) is 5.01 Å². The highest BCUT2D eigenvalue weighted by Crippen LogP contribution is 2.29. The molecular weight excluding hydrogens is 338 g/mol. The zero-order chi connectivity index (χ0) is 17.5. The maximum absolute atomic E-state index is 12.4. The molecule has 2 fully saturated rings. The van der Waals surface area contributed by atoms with Crippen LogP contribution in [0.2, 0.25) is 0 Å². The fourth-order valence-electron chi connectivity index (χ4n) is 3.53. The third kappa shape index (κ3) is 5.62. The highest BCUT2D eigenvalue weighted by Gasteiger charge is 2.22. The third-order valence-electron chi connectivity index (χ3n) is 5.03. The van der Waals surface area contributed by atoms with Gasteiger partial charge in [0.2, 0.25) is 5.13 Å². The Kier molecular flexibility index (Phi) is 7.01. The van der Waals surface area contributed by atoms with Crippen molar-refractivity contribution in [2.75, 3.05) is 51.3 Å². The van der Waals surface area contributed by atoms with Crippen molar-refractivity contribution in [3.05, 3.63) is 5.01 Å². The molecule has 1 aliphatic heterocycles. The standard InChI is InChI=1S/C17H29N5O2S/c1-2-24-12-11-21-7-9-22(10-8-21)17(23)18-16-20-19-15(25-16)13-14-5-3-4-6-14/h14H,2-13H2,1H3,(H,18,20,23). The molecule has 0 unspecified atom stereocenters. The molecule has 1 N–H and O–H groups in total. The topological polar surface area (TPSA) is 70.6 Å². The van der Waals surface area contributed by atoms with Crippen molar-refractivity contribution in [3.8, 4) is 0 Å². The Labute approximate surface area is 153 Å². The average Bonchev–Trinajstić information content (AvgIpc) is 3.28. The van der Waals surface area contributed by atoms with Gasteiger partial charge < -0.3 is 9.64 Å². The lowest BCUT2D eigenvalue weighted by Crippen LogP contribution is -2.50. The Bertz CT molecular complexity index is 539. The molecule has 140 valence electrons. The molecule has 0 bridgehead atoms. The van der Waals surface area contributed by atoms with Gasteiger partial charge in [-0.2, -0.15) is 0 Å². The molecule has 3 rings (SSSR count). The van der Waals surface area contributed by atoms with Crippen molar-refractivity contribution in [2.24, 2.45) is 5.92 Å². The normalized spacial score (nSPS) is 19.5. The van der Waals surface area contributed by atoms with Crippen LogP contribution < -0.4 is 5.32 Å². The van der Waals surface area contributed by atoms with Crippen molar-refractivity contribution in [2.45, 2.75) is 39.0 Å². The second-order valence-corrected chi connectivity index (χ2v) is 7.87. The number of piperazine rings is 1. The molecule has 0 spiro atoms. The van der Waals surface area contributed by atoms with Crippen molar-refractivity contribution < 1.29 is 9.53 Å². The summed E-state index contributed by atoms with van der Waals surface area (Å²) in [6, 6.07) is -0.0620. The average molecular weight is 368 g/mol. The zero-order valence-electron chi connectivity index (χ0n) is 15.1. The van der Waals surface area contributed by atoms with E-state index in [-0.39, 0.29) is 6.03 Å². The maximum atomic E-state index is 12.4. The number of carbonyl (C=O) groups is 1. The molecule has 1 saturated heterocycles. The van der Waals surface area contributed by atoms with Gasteiger partial charge in [-0.05, 0) is 12.8 Å². The van der Waals surface area contributed by atoms with E-state index in [9.17, 15) is 4.79 Å². The van der Waals surface area contributed by atoms with Gasteiger partial charge >= 0.3 is 6.03 Å². The summed E-state index contributed by atoms with van der Waals surface area (Å²) in [6.07, 6.45) is 6.28. The molecule has 2 aliphatic rings. The van der Waals surface area contributed by atoms with Gasteiger partial charge in [0.05, 0.1) is 6.61 Å².